The number of anilines is 1. The van der Waals surface area contributed by atoms with E-state index in [2.05, 4.69) is 19.4 Å². The molecule has 20 heavy (non-hydrogen) atoms. The molecule has 0 radical (unpaired) electrons. The van der Waals surface area contributed by atoms with E-state index in [9.17, 15) is 8.42 Å². The highest BCUT2D eigenvalue weighted by Gasteiger charge is 2.18. The molecule has 3 N–H and O–H groups in total. The number of rotatable bonds is 5. The Morgan fingerprint density at radius 2 is 2.10 bits per heavy atom. The molecule has 0 amide bonds. The third-order valence-electron chi connectivity index (χ3n) is 2.98. The van der Waals surface area contributed by atoms with Crippen LogP contribution in [0.2, 0.25) is 0 Å². The standard InChI is InChI=1S/C12H16N4O3S/c1-8-5-10(13)6-11(9(8)2)20(17,18)15-4-3-12-14-7-19-16-12/h5-7,15H,3-4,13H2,1-2H3. The largest absolute Gasteiger partial charge is 0.399 e. The maximum absolute atomic E-state index is 12.3. The van der Waals surface area contributed by atoms with Crippen LogP contribution in [0.15, 0.2) is 27.9 Å². The Balaban J connectivity index is 2.14. The molecule has 0 aliphatic rings. The summed E-state index contributed by atoms with van der Waals surface area (Å²) in [7, 11) is -3.61. The molecule has 8 heteroatoms. The minimum atomic E-state index is -3.61. The van der Waals surface area contributed by atoms with Gasteiger partial charge in [0.15, 0.2) is 5.82 Å². The summed E-state index contributed by atoms with van der Waals surface area (Å²) in [5, 5.41) is 3.61. The highest BCUT2D eigenvalue weighted by molar-refractivity contribution is 7.89. The molecule has 2 rings (SSSR count). The lowest BCUT2D eigenvalue weighted by Gasteiger charge is -2.11. The highest BCUT2D eigenvalue weighted by Crippen LogP contribution is 2.22. The first-order valence-corrected chi connectivity index (χ1v) is 7.50. The number of aryl methyl sites for hydroxylation is 1. The maximum Gasteiger partial charge on any atom is 0.240 e. The van der Waals surface area contributed by atoms with Gasteiger partial charge in [-0.2, -0.15) is 4.98 Å². The van der Waals surface area contributed by atoms with Gasteiger partial charge in [0.05, 0.1) is 4.90 Å². The van der Waals surface area contributed by atoms with Gasteiger partial charge in [0.25, 0.3) is 0 Å². The predicted octanol–water partition coefficient (Wildman–Crippen LogP) is 0.790. The minimum Gasteiger partial charge on any atom is -0.399 e. The van der Waals surface area contributed by atoms with E-state index in [1.54, 1.807) is 13.0 Å². The fourth-order valence-corrected chi connectivity index (χ4v) is 3.19. The fourth-order valence-electron chi connectivity index (χ4n) is 1.81. The summed E-state index contributed by atoms with van der Waals surface area (Å²) < 4.78 is 31.6. The topological polar surface area (TPSA) is 111 Å². The van der Waals surface area contributed by atoms with Crippen LogP contribution in [0.4, 0.5) is 5.69 Å². The van der Waals surface area contributed by atoms with Gasteiger partial charge >= 0.3 is 0 Å². The first-order valence-electron chi connectivity index (χ1n) is 6.02. The molecule has 0 aliphatic carbocycles. The second-order valence-corrected chi connectivity index (χ2v) is 6.19. The lowest BCUT2D eigenvalue weighted by atomic mass is 10.1. The van der Waals surface area contributed by atoms with Gasteiger partial charge in [-0.1, -0.05) is 5.16 Å². The molecule has 0 unspecified atom stereocenters. The van der Waals surface area contributed by atoms with Crippen LogP contribution < -0.4 is 10.5 Å². The van der Waals surface area contributed by atoms with Gasteiger partial charge in [-0.25, -0.2) is 13.1 Å². The molecule has 108 valence electrons. The van der Waals surface area contributed by atoms with Crippen LogP contribution >= 0.6 is 0 Å². The van der Waals surface area contributed by atoms with Gasteiger partial charge in [0, 0.05) is 18.7 Å². The Morgan fingerprint density at radius 1 is 1.35 bits per heavy atom. The molecular weight excluding hydrogens is 280 g/mol. The lowest BCUT2D eigenvalue weighted by molar-refractivity contribution is 0.410. The number of sulfonamides is 1. The molecule has 0 atom stereocenters. The average molecular weight is 296 g/mol. The maximum atomic E-state index is 12.3. The molecule has 0 fully saturated rings. The summed E-state index contributed by atoms with van der Waals surface area (Å²) in [6.45, 7) is 3.77. The van der Waals surface area contributed by atoms with Crippen LogP contribution in [0.25, 0.3) is 0 Å². The van der Waals surface area contributed by atoms with Crippen molar-refractivity contribution in [2.24, 2.45) is 0 Å². The van der Waals surface area contributed by atoms with Crippen LogP contribution in [0.1, 0.15) is 17.0 Å². The predicted molar refractivity (Wildman–Crippen MR) is 73.5 cm³/mol. The van der Waals surface area contributed by atoms with Gasteiger partial charge in [0.2, 0.25) is 16.4 Å². The number of aromatic nitrogens is 2. The third kappa shape index (κ3) is 3.14. The van der Waals surface area contributed by atoms with Crippen LogP contribution in [-0.2, 0) is 16.4 Å². The molecule has 0 saturated heterocycles. The summed E-state index contributed by atoms with van der Waals surface area (Å²) in [5.41, 5.74) is 7.65. The number of nitrogen functional groups attached to an aromatic ring is 1. The molecule has 7 nitrogen and oxygen atoms in total. The highest BCUT2D eigenvalue weighted by atomic mass is 32.2. The average Bonchev–Trinajstić information content (AvgIpc) is 2.86. The summed E-state index contributed by atoms with van der Waals surface area (Å²) in [5.74, 6) is 0.452. The van der Waals surface area contributed by atoms with Crippen molar-refractivity contribution in [2.75, 3.05) is 12.3 Å². The Morgan fingerprint density at radius 3 is 2.75 bits per heavy atom. The first-order chi connectivity index (χ1) is 9.40. The van der Waals surface area contributed by atoms with Crippen molar-refractivity contribution < 1.29 is 12.9 Å². The second kappa shape index (κ2) is 5.59. The summed E-state index contributed by atoms with van der Waals surface area (Å²) in [4.78, 5) is 4.02. The van der Waals surface area contributed by atoms with E-state index in [-0.39, 0.29) is 11.4 Å². The number of nitrogens with zero attached hydrogens (tertiary/aromatic N) is 2. The molecule has 1 heterocycles. The van der Waals surface area contributed by atoms with Gasteiger partial charge in [-0.15, -0.1) is 0 Å². The normalized spacial score (nSPS) is 11.7. The van der Waals surface area contributed by atoms with Crippen molar-refractivity contribution in [2.45, 2.75) is 25.2 Å². The molecule has 1 aromatic carbocycles. The van der Waals surface area contributed by atoms with E-state index in [1.807, 2.05) is 6.92 Å². The smallest absolute Gasteiger partial charge is 0.240 e. The Hall–Kier alpha value is -1.93. The minimum absolute atomic E-state index is 0.190. The summed E-state index contributed by atoms with van der Waals surface area (Å²) in [6.07, 6.45) is 1.56. The van der Waals surface area contributed by atoms with Crippen LogP contribution in [0, 0.1) is 13.8 Å². The van der Waals surface area contributed by atoms with E-state index in [0.29, 0.717) is 23.5 Å². The number of benzene rings is 1. The molecule has 2 aromatic rings. The van der Waals surface area contributed by atoms with E-state index in [1.165, 1.54) is 12.5 Å². The third-order valence-corrected chi connectivity index (χ3v) is 4.57. The van der Waals surface area contributed by atoms with Gasteiger partial charge in [0.1, 0.15) is 0 Å². The molecule has 0 spiro atoms. The Kier molecular flexibility index (Phi) is 4.05. The number of hydrogen-bond donors (Lipinski definition) is 2. The molecule has 1 aromatic heterocycles. The molecular formula is C12H16N4O3S. The number of nitrogens with one attached hydrogen (secondary N) is 1. The number of hydrogen-bond acceptors (Lipinski definition) is 6. The lowest BCUT2D eigenvalue weighted by Crippen LogP contribution is -2.27. The molecule has 0 bridgehead atoms. The quantitative estimate of drug-likeness (QED) is 0.789. The van der Waals surface area contributed by atoms with Crippen molar-refractivity contribution in [3.63, 3.8) is 0 Å². The van der Waals surface area contributed by atoms with Gasteiger partial charge in [-0.3, -0.25) is 0 Å². The monoisotopic (exact) mass is 296 g/mol. The van der Waals surface area contributed by atoms with Gasteiger partial charge in [-0.05, 0) is 37.1 Å². The summed E-state index contributed by atoms with van der Waals surface area (Å²) >= 11 is 0. The van der Waals surface area contributed by atoms with Crippen LogP contribution in [0.5, 0.6) is 0 Å². The van der Waals surface area contributed by atoms with Crippen molar-refractivity contribution in [1.82, 2.24) is 14.9 Å². The van der Waals surface area contributed by atoms with Crippen molar-refractivity contribution in [1.29, 1.82) is 0 Å². The first kappa shape index (κ1) is 14.5. The molecule has 0 saturated carbocycles. The van der Waals surface area contributed by atoms with E-state index in [4.69, 9.17) is 5.73 Å². The van der Waals surface area contributed by atoms with E-state index < -0.39 is 10.0 Å². The van der Waals surface area contributed by atoms with Crippen molar-refractivity contribution >= 4 is 15.7 Å². The summed E-state index contributed by atoms with van der Waals surface area (Å²) in [6, 6.07) is 3.20. The van der Waals surface area contributed by atoms with Crippen LogP contribution in [-0.4, -0.2) is 25.1 Å². The van der Waals surface area contributed by atoms with Gasteiger partial charge < -0.3 is 10.3 Å². The Bertz CT molecular complexity index is 696. The second-order valence-electron chi connectivity index (χ2n) is 4.46. The zero-order valence-electron chi connectivity index (χ0n) is 11.3. The number of nitrogens with two attached hydrogens (primary N) is 1. The zero-order chi connectivity index (χ0) is 14.8. The SMILES string of the molecule is Cc1cc(N)cc(S(=O)(=O)NCCc2ncon2)c1C. The fraction of sp³-hybridized carbons (Fsp3) is 0.333. The Labute approximate surface area is 117 Å². The zero-order valence-corrected chi connectivity index (χ0v) is 12.1. The van der Waals surface area contributed by atoms with Crippen LogP contribution in [0.3, 0.4) is 0 Å². The van der Waals surface area contributed by atoms with Crippen molar-refractivity contribution in [3.8, 4) is 0 Å². The van der Waals surface area contributed by atoms with Crippen molar-refractivity contribution in [3.05, 3.63) is 35.5 Å². The van der Waals surface area contributed by atoms with E-state index >= 15 is 0 Å². The molecule has 0 aliphatic heterocycles. The van der Waals surface area contributed by atoms with E-state index in [0.717, 1.165) is 5.56 Å².